The zero-order valence-corrected chi connectivity index (χ0v) is 9.10. The van der Waals surface area contributed by atoms with Crippen molar-refractivity contribution in [2.75, 3.05) is 0 Å². The molecule has 0 aliphatic carbocycles. The number of rotatable bonds is 0. The minimum absolute atomic E-state index is 0. The quantitative estimate of drug-likeness (QED) is 0.531. The Kier molecular flexibility index (Phi) is 335. The van der Waals surface area contributed by atoms with E-state index < -0.39 is 0 Å². The van der Waals surface area contributed by atoms with E-state index in [0.717, 1.165) is 0 Å². The largest absolute Gasteiger partial charge is 4.00 e. The van der Waals surface area contributed by atoms with E-state index in [9.17, 15) is 0 Å². The fourth-order valence-electron chi connectivity index (χ4n) is 0. The predicted molar refractivity (Wildman–Crippen MR) is 42.9 cm³/mol. The van der Waals surface area contributed by atoms with Gasteiger partial charge in [-0.2, -0.15) is 0 Å². The summed E-state index contributed by atoms with van der Waals surface area (Å²) in [6, 6.07) is 0. The standard InChI is InChI=1S/2C3H5.2CH3.Zr/c2*1-3-2;;;/h3H,1-2H2;1,3H,2H3;2*1H3;/q4*-1;+4. The summed E-state index contributed by atoms with van der Waals surface area (Å²) in [5, 5.41) is 0. The molecule has 0 rings (SSSR count). The Morgan fingerprint density at radius 3 is 1.44 bits per heavy atom. The van der Waals surface area contributed by atoms with Gasteiger partial charge in [0, 0.05) is 0 Å². The van der Waals surface area contributed by atoms with Crippen LogP contribution in [0.5, 0.6) is 0 Å². The molecule has 0 aromatic heterocycles. The first kappa shape index (κ1) is 34.9. The molecule has 0 N–H and O–H groups in total. The SMILES string of the molecule is C=C[CH2-].[CH-]=CC.[CH3-].[CH3-].[Zr+4]. The maximum atomic E-state index is 4.72. The topological polar surface area (TPSA) is 0 Å². The van der Waals surface area contributed by atoms with Crippen molar-refractivity contribution in [1.29, 1.82) is 0 Å². The van der Waals surface area contributed by atoms with Gasteiger partial charge in [0.1, 0.15) is 0 Å². The first-order valence-electron chi connectivity index (χ1n) is 1.73. The van der Waals surface area contributed by atoms with E-state index in [1.807, 2.05) is 0 Å². The van der Waals surface area contributed by atoms with E-state index in [4.69, 9.17) is 6.58 Å². The summed E-state index contributed by atoms with van der Waals surface area (Å²) in [5.41, 5.74) is 0. The van der Waals surface area contributed by atoms with E-state index in [2.05, 4.69) is 13.5 Å². The van der Waals surface area contributed by atoms with Crippen LogP contribution in [0.1, 0.15) is 6.92 Å². The zero-order chi connectivity index (χ0) is 5.41. The summed E-state index contributed by atoms with van der Waals surface area (Å²) >= 11 is 0. The summed E-state index contributed by atoms with van der Waals surface area (Å²) in [4.78, 5) is 0. The molecule has 0 aromatic carbocycles. The van der Waals surface area contributed by atoms with Crippen molar-refractivity contribution in [3.8, 4) is 0 Å². The molecule has 0 saturated carbocycles. The van der Waals surface area contributed by atoms with Crippen LogP contribution in [-0.4, -0.2) is 0 Å². The molecular formula is C8H16Zr. The van der Waals surface area contributed by atoms with Crippen LogP contribution in [0.15, 0.2) is 18.7 Å². The molecule has 52 valence electrons. The number of hydrogen-bond donors (Lipinski definition) is 0. The van der Waals surface area contributed by atoms with Gasteiger partial charge in [-0.3, -0.25) is 6.08 Å². The van der Waals surface area contributed by atoms with Gasteiger partial charge in [0.25, 0.3) is 0 Å². The average Bonchev–Trinajstić information content (AvgIpc) is 1.39. The molecule has 0 aliphatic heterocycles. The third-order valence-electron chi connectivity index (χ3n) is 0. The van der Waals surface area contributed by atoms with Crippen LogP contribution in [0, 0.1) is 28.4 Å². The number of allylic oxidation sites excluding steroid dienone is 2. The molecule has 0 radical (unpaired) electrons. The van der Waals surface area contributed by atoms with Gasteiger partial charge in [0.05, 0.1) is 0 Å². The van der Waals surface area contributed by atoms with Gasteiger partial charge in [0.15, 0.2) is 0 Å². The van der Waals surface area contributed by atoms with E-state index in [1.165, 1.54) is 12.2 Å². The monoisotopic (exact) mass is 202 g/mol. The fraction of sp³-hybridized carbons (Fsp3) is 0.125. The van der Waals surface area contributed by atoms with Crippen molar-refractivity contribution in [2.24, 2.45) is 0 Å². The van der Waals surface area contributed by atoms with Crippen molar-refractivity contribution in [3.63, 3.8) is 0 Å². The maximum Gasteiger partial charge on any atom is 4.00 e. The van der Waals surface area contributed by atoms with Crippen LogP contribution >= 0.6 is 0 Å². The van der Waals surface area contributed by atoms with Crippen molar-refractivity contribution in [3.05, 3.63) is 47.1 Å². The Morgan fingerprint density at radius 1 is 1.44 bits per heavy atom. The summed E-state index contributed by atoms with van der Waals surface area (Å²) in [7, 11) is 0. The minimum atomic E-state index is 0. The van der Waals surface area contributed by atoms with E-state index in [1.54, 1.807) is 6.92 Å². The molecule has 9 heavy (non-hydrogen) atoms. The molecule has 0 nitrogen and oxygen atoms in total. The van der Waals surface area contributed by atoms with Crippen LogP contribution in [-0.2, 0) is 26.2 Å². The van der Waals surface area contributed by atoms with Gasteiger partial charge in [-0.25, -0.2) is 19.6 Å². The first-order valence-corrected chi connectivity index (χ1v) is 1.73. The van der Waals surface area contributed by atoms with Gasteiger partial charge in [-0.1, -0.05) is 6.92 Å². The van der Waals surface area contributed by atoms with Crippen LogP contribution < -0.4 is 0 Å². The molecule has 1 heteroatoms. The fourth-order valence-corrected chi connectivity index (χ4v) is 0. The Hall–Kier alpha value is 0.233. The minimum Gasteiger partial charge on any atom is -0.518 e. The van der Waals surface area contributed by atoms with Crippen molar-refractivity contribution < 1.29 is 26.2 Å². The van der Waals surface area contributed by atoms with E-state index in [0.29, 0.717) is 0 Å². The molecule has 0 unspecified atom stereocenters. The summed E-state index contributed by atoms with van der Waals surface area (Å²) in [5.74, 6) is 0. The second-order valence-corrected chi connectivity index (χ2v) is 0.622. The Morgan fingerprint density at radius 2 is 1.44 bits per heavy atom. The third-order valence-corrected chi connectivity index (χ3v) is 0. The molecule has 0 bridgehead atoms. The summed E-state index contributed by atoms with van der Waals surface area (Å²) in [6.45, 7) is 13.0. The summed E-state index contributed by atoms with van der Waals surface area (Å²) in [6.07, 6.45) is 3.00. The van der Waals surface area contributed by atoms with Gasteiger partial charge < -0.3 is 21.4 Å². The molecule has 0 spiro atoms. The Labute approximate surface area is 80.2 Å². The molecule has 0 aliphatic rings. The van der Waals surface area contributed by atoms with Gasteiger partial charge in [0.2, 0.25) is 0 Å². The average molecular weight is 203 g/mol. The zero-order valence-electron chi connectivity index (χ0n) is 6.65. The van der Waals surface area contributed by atoms with Crippen LogP contribution in [0.4, 0.5) is 0 Å². The van der Waals surface area contributed by atoms with Gasteiger partial charge in [-0.05, 0) is 0 Å². The Balaban J connectivity index is -0.00000000889. The van der Waals surface area contributed by atoms with Crippen LogP contribution in [0.3, 0.4) is 0 Å². The third kappa shape index (κ3) is 5890. The van der Waals surface area contributed by atoms with Gasteiger partial charge >= 0.3 is 26.2 Å². The predicted octanol–water partition coefficient (Wildman–Crippen LogP) is 2.90. The molecule has 0 saturated heterocycles. The normalized spacial score (nSPS) is 2.78. The Bertz CT molecular complexity index is 25.5. The van der Waals surface area contributed by atoms with Crippen molar-refractivity contribution in [2.45, 2.75) is 6.92 Å². The molecule has 0 aromatic rings. The van der Waals surface area contributed by atoms with Gasteiger partial charge in [-0.15, -0.1) is 0 Å². The number of hydrogen-bond acceptors (Lipinski definition) is 0. The molecule has 0 heterocycles. The van der Waals surface area contributed by atoms with E-state index in [-0.39, 0.29) is 41.1 Å². The second kappa shape index (κ2) is 86.4. The molecule has 0 fully saturated rings. The first-order chi connectivity index (χ1) is 2.83. The van der Waals surface area contributed by atoms with E-state index >= 15 is 0 Å². The van der Waals surface area contributed by atoms with Crippen molar-refractivity contribution >= 4 is 0 Å². The second-order valence-electron chi connectivity index (χ2n) is 0.622. The maximum absolute atomic E-state index is 4.72. The molecule has 0 atom stereocenters. The summed E-state index contributed by atoms with van der Waals surface area (Å²) < 4.78 is 0. The van der Waals surface area contributed by atoms with Crippen LogP contribution in [0.25, 0.3) is 0 Å². The molecular weight excluding hydrogens is 187 g/mol. The van der Waals surface area contributed by atoms with Crippen molar-refractivity contribution in [1.82, 2.24) is 0 Å². The van der Waals surface area contributed by atoms with Crippen LogP contribution in [0.2, 0.25) is 0 Å². The smallest absolute Gasteiger partial charge is 0.518 e. The molecule has 0 amide bonds.